The smallest absolute Gasteiger partial charge is 0.349 e. The van der Waals surface area contributed by atoms with Crippen LogP contribution in [0.4, 0.5) is 0 Å². The minimum Gasteiger partial charge on any atom is -0.380 e. The SMILES string of the molecule is CC(=O)c1cc(C)cc(C(=O)OBr)c1. The zero-order valence-electron chi connectivity index (χ0n) is 7.83. The van der Waals surface area contributed by atoms with E-state index in [-0.39, 0.29) is 5.78 Å². The molecule has 0 saturated heterocycles. The maximum atomic E-state index is 11.2. The number of benzene rings is 1. The van der Waals surface area contributed by atoms with Crippen molar-refractivity contribution in [2.45, 2.75) is 13.8 Å². The van der Waals surface area contributed by atoms with E-state index in [0.29, 0.717) is 11.1 Å². The first kappa shape index (κ1) is 10.9. The molecule has 3 nitrogen and oxygen atoms in total. The van der Waals surface area contributed by atoms with Crippen LogP contribution in [-0.2, 0) is 3.83 Å². The van der Waals surface area contributed by atoms with E-state index in [1.54, 1.807) is 12.1 Å². The van der Waals surface area contributed by atoms with Gasteiger partial charge in [0.25, 0.3) is 0 Å². The van der Waals surface area contributed by atoms with Gasteiger partial charge in [-0.2, -0.15) is 0 Å². The van der Waals surface area contributed by atoms with Crippen molar-refractivity contribution in [2.75, 3.05) is 0 Å². The molecule has 1 aromatic carbocycles. The molecule has 0 aliphatic carbocycles. The van der Waals surface area contributed by atoms with E-state index in [0.717, 1.165) is 5.56 Å². The van der Waals surface area contributed by atoms with Crippen molar-refractivity contribution < 1.29 is 13.4 Å². The zero-order chi connectivity index (χ0) is 10.7. The Morgan fingerprint density at radius 3 is 2.29 bits per heavy atom. The fourth-order valence-electron chi connectivity index (χ4n) is 1.15. The topological polar surface area (TPSA) is 43.4 Å². The third kappa shape index (κ3) is 2.42. The predicted molar refractivity (Wildman–Crippen MR) is 55.5 cm³/mol. The molecule has 0 aliphatic rings. The van der Waals surface area contributed by atoms with Crippen molar-refractivity contribution in [3.8, 4) is 0 Å². The highest BCUT2D eigenvalue weighted by atomic mass is 79.9. The second kappa shape index (κ2) is 4.37. The van der Waals surface area contributed by atoms with E-state index < -0.39 is 5.97 Å². The first-order valence-electron chi connectivity index (χ1n) is 4.00. The Hall–Kier alpha value is -1.16. The highest BCUT2D eigenvalue weighted by Crippen LogP contribution is 2.12. The average molecular weight is 257 g/mol. The van der Waals surface area contributed by atoms with E-state index in [9.17, 15) is 9.59 Å². The summed E-state index contributed by atoms with van der Waals surface area (Å²) in [7, 11) is 0. The molecule has 1 aromatic rings. The molecule has 0 aromatic heterocycles. The lowest BCUT2D eigenvalue weighted by molar-refractivity contribution is 0.0782. The number of carbonyl (C=O) groups is 2. The quantitative estimate of drug-likeness (QED) is 0.765. The summed E-state index contributed by atoms with van der Waals surface area (Å²) >= 11 is 2.60. The lowest BCUT2D eigenvalue weighted by atomic mass is 10.0. The molecule has 0 atom stereocenters. The van der Waals surface area contributed by atoms with Crippen LogP contribution < -0.4 is 0 Å². The first-order valence-corrected chi connectivity index (χ1v) is 4.65. The molecule has 0 spiro atoms. The maximum Gasteiger partial charge on any atom is 0.349 e. The second-order valence-electron chi connectivity index (χ2n) is 3.01. The van der Waals surface area contributed by atoms with Crippen molar-refractivity contribution in [1.82, 2.24) is 0 Å². The largest absolute Gasteiger partial charge is 0.380 e. The van der Waals surface area contributed by atoms with Gasteiger partial charge in [0.05, 0.1) is 5.56 Å². The highest BCUT2D eigenvalue weighted by molar-refractivity contribution is 9.06. The molecular weight excluding hydrogens is 248 g/mol. The number of hydrogen-bond donors (Lipinski definition) is 0. The Kier molecular flexibility index (Phi) is 3.41. The number of ketones is 1. The lowest BCUT2D eigenvalue weighted by Gasteiger charge is -2.02. The second-order valence-corrected chi connectivity index (χ2v) is 3.33. The number of rotatable bonds is 2. The van der Waals surface area contributed by atoms with Gasteiger partial charge in [-0.1, -0.05) is 0 Å². The Morgan fingerprint density at radius 1 is 1.21 bits per heavy atom. The van der Waals surface area contributed by atoms with Crippen molar-refractivity contribution >= 4 is 28.0 Å². The summed E-state index contributed by atoms with van der Waals surface area (Å²) in [4.78, 5) is 22.3. The fourth-order valence-corrected chi connectivity index (χ4v) is 1.34. The van der Waals surface area contributed by atoms with Crippen LogP contribution in [0.15, 0.2) is 18.2 Å². The molecule has 0 radical (unpaired) electrons. The first-order chi connectivity index (χ1) is 6.54. The van der Waals surface area contributed by atoms with Gasteiger partial charge in [-0.25, -0.2) is 4.79 Å². The van der Waals surface area contributed by atoms with Crippen LogP contribution in [0.25, 0.3) is 0 Å². The summed E-state index contributed by atoms with van der Waals surface area (Å²) in [6, 6.07) is 4.91. The van der Waals surface area contributed by atoms with Crippen LogP contribution in [0.1, 0.15) is 33.2 Å². The molecule has 0 fully saturated rings. The fraction of sp³-hybridized carbons (Fsp3) is 0.200. The maximum absolute atomic E-state index is 11.2. The summed E-state index contributed by atoms with van der Waals surface area (Å²) in [6.07, 6.45) is 0. The molecule has 74 valence electrons. The molecule has 0 unspecified atom stereocenters. The minimum absolute atomic E-state index is 0.0719. The van der Waals surface area contributed by atoms with E-state index in [1.165, 1.54) is 13.0 Å². The van der Waals surface area contributed by atoms with Gasteiger partial charge >= 0.3 is 5.97 Å². The summed E-state index contributed by atoms with van der Waals surface area (Å²) in [5, 5.41) is 0. The normalized spacial score (nSPS) is 9.64. The van der Waals surface area contributed by atoms with Gasteiger partial charge in [0.15, 0.2) is 22.0 Å². The van der Waals surface area contributed by atoms with E-state index in [4.69, 9.17) is 0 Å². The summed E-state index contributed by atoms with van der Waals surface area (Å²) in [5.41, 5.74) is 1.73. The molecule has 0 N–H and O–H groups in total. The molecule has 0 amide bonds. The zero-order valence-corrected chi connectivity index (χ0v) is 9.42. The van der Waals surface area contributed by atoms with Crippen molar-refractivity contribution in [2.24, 2.45) is 0 Å². The van der Waals surface area contributed by atoms with Gasteiger partial charge in [0, 0.05) is 5.56 Å². The Labute approximate surface area is 90.5 Å². The number of halogens is 1. The molecule has 0 heterocycles. The van der Waals surface area contributed by atoms with Crippen LogP contribution in [0.5, 0.6) is 0 Å². The van der Waals surface area contributed by atoms with Crippen molar-refractivity contribution in [1.29, 1.82) is 0 Å². The van der Waals surface area contributed by atoms with Crippen molar-refractivity contribution in [3.05, 3.63) is 34.9 Å². The van der Waals surface area contributed by atoms with Gasteiger partial charge in [-0.3, -0.25) is 4.79 Å². The Morgan fingerprint density at radius 2 is 1.79 bits per heavy atom. The summed E-state index contributed by atoms with van der Waals surface area (Å²) in [5.74, 6) is -0.575. The van der Waals surface area contributed by atoms with Crippen LogP contribution in [-0.4, -0.2) is 11.8 Å². The standard InChI is InChI=1S/C10H9BrO3/c1-6-3-8(7(2)12)5-9(4-6)10(13)14-11/h3-5H,1-2H3. The number of carbonyl (C=O) groups excluding carboxylic acids is 2. The van der Waals surface area contributed by atoms with Crippen LogP contribution in [0.2, 0.25) is 0 Å². The number of Topliss-reactive ketones (excluding diaryl/α,β-unsaturated/α-hetero) is 1. The summed E-state index contributed by atoms with van der Waals surface area (Å²) in [6.45, 7) is 3.27. The van der Waals surface area contributed by atoms with Gasteiger partial charge < -0.3 is 3.83 Å². The predicted octanol–water partition coefficient (Wildman–Crippen LogP) is 2.66. The molecule has 1 rings (SSSR count). The molecule has 0 bridgehead atoms. The van der Waals surface area contributed by atoms with Crippen LogP contribution in [0, 0.1) is 6.92 Å². The number of hydrogen-bond acceptors (Lipinski definition) is 3. The minimum atomic E-state index is -0.504. The third-order valence-corrected chi connectivity index (χ3v) is 2.08. The number of aryl methyl sites for hydroxylation is 1. The van der Waals surface area contributed by atoms with E-state index in [1.807, 2.05) is 6.92 Å². The molecule has 0 aliphatic heterocycles. The van der Waals surface area contributed by atoms with Gasteiger partial charge in [0.2, 0.25) is 0 Å². The highest BCUT2D eigenvalue weighted by Gasteiger charge is 2.09. The van der Waals surface area contributed by atoms with Crippen LogP contribution in [0.3, 0.4) is 0 Å². The van der Waals surface area contributed by atoms with Crippen molar-refractivity contribution in [3.63, 3.8) is 0 Å². The van der Waals surface area contributed by atoms with E-state index >= 15 is 0 Å². The van der Waals surface area contributed by atoms with E-state index in [2.05, 4.69) is 20.1 Å². The van der Waals surface area contributed by atoms with Gasteiger partial charge in [0.1, 0.15) is 0 Å². The lowest BCUT2D eigenvalue weighted by Crippen LogP contribution is -2.02. The Bertz CT molecular complexity index is 385. The average Bonchev–Trinajstić information content (AvgIpc) is 2.15. The molecular formula is C10H9BrO3. The van der Waals surface area contributed by atoms with Gasteiger partial charge in [-0.15, -0.1) is 0 Å². The molecule has 0 saturated carbocycles. The van der Waals surface area contributed by atoms with Gasteiger partial charge in [-0.05, 0) is 37.6 Å². The third-order valence-electron chi connectivity index (χ3n) is 1.79. The molecule has 4 heteroatoms. The monoisotopic (exact) mass is 256 g/mol. The summed E-state index contributed by atoms with van der Waals surface area (Å²) < 4.78 is 4.39. The molecule has 14 heavy (non-hydrogen) atoms. The van der Waals surface area contributed by atoms with Crippen LogP contribution >= 0.6 is 16.3 Å². The Balaban J connectivity index is 3.20.